The van der Waals surface area contributed by atoms with E-state index in [1.165, 1.54) is 0 Å². The number of hydrogen-bond acceptors (Lipinski definition) is 4. The standard InChI is InChI=1S/C18H23NO3/c1-19-13-8-14-22-17(20)18(21,15-9-4-2-5-10-15)16-11-6-3-7-12-16/h2,4-5,9-10,16,19,21H,3,6-7,11-13H2,1H3. The minimum Gasteiger partial charge on any atom is -0.374 e. The van der Waals surface area contributed by atoms with E-state index in [2.05, 4.69) is 17.3 Å². The highest BCUT2D eigenvalue weighted by atomic mass is 16.5. The van der Waals surface area contributed by atoms with Crippen LogP contribution in [0.15, 0.2) is 30.3 Å². The number of carbonyl (C=O) groups is 1. The first-order chi connectivity index (χ1) is 10.7. The van der Waals surface area contributed by atoms with E-state index in [1.54, 1.807) is 19.2 Å². The molecule has 4 nitrogen and oxygen atoms in total. The first-order valence-electron chi connectivity index (χ1n) is 7.81. The minimum atomic E-state index is -1.62. The van der Waals surface area contributed by atoms with E-state index in [-0.39, 0.29) is 5.92 Å². The molecule has 22 heavy (non-hydrogen) atoms. The summed E-state index contributed by atoms with van der Waals surface area (Å²) in [5.74, 6) is 1.88. The molecule has 1 aliphatic rings. The third-order valence-corrected chi connectivity index (χ3v) is 4.20. The van der Waals surface area contributed by atoms with Crippen molar-refractivity contribution in [2.24, 2.45) is 5.92 Å². The fourth-order valence-electron chi connectivity index (χ4n) is 3.02. The van der Waals surface area contributed by atoms with Gasteiger partial charge in [0.15, 0.2) is 5.60 Å². The van der Waals surface area contributed by atoms with Crippen molar-refractivity contribution in [3.63, 3.8) is 0 Å². The molecule has 118 valence electrons. The molecule has 0 bridgehead atoms. The van der Waals surface area contributed by atoms with E-state index >= 15 is 0 Å². The van der Waals surface area contributed by atoms with E-state index in [0.717, 1.165) is 32.1 Å². The van der Waals surface area contributed by atoms with Gasteiger partial charge in [-0.15, -0.1) is 0 Å². The molecule has 0 aliphatic heterocycles. The largest absolute Gasteiger partial charge is 0.374 e. The van der Waals surface area contributed by atoms with Gasteiger partial charge < -0.3 is 15.2 Å². The summed E-state index contributed by atoms with van der Waals surface area (Å²) in [5, 5.41) is 14.0. The van der Waals surface area contributed by atoms with Gasteiger partial charge in [-0.3, -0.25) is 0 Å². The van der Waals surface area contributed by atoms with Gasteiger partial charge in [-0.25, -0.2) is 4.79 Å². The van der Waals surface area contributed by atoms with Crippen LogP contribution in [0.2, 0.25) is 0 Å². The summed E-state index contributed by atoms with van der Waals surface area (Å²) in [6.45, 7) is 0.431. The van der Waals surface area contributed by atoms with E-state index in [1.807, 2.05) is 18.2 Å². The fourth-order valence-corrected chi connectivity index (χ4v) is 3.02. The Bertz CT molecular complexity index is 540. The van der Waals surface area contributed by atoms with E-state index < -0.39 is 11.6 Å². The van der Waals surface area contributed by atoms with Crippen LogP contribution in [0.4, 0.5) is 0 Å². The lowest BCUT2D eigenvalue weighted by Crippen LogP contribution is -2.44. The third kappa shape index (κ3) is 3.68. The molecule has 2 N–H and O–H groups in total. The number of rotatable bonds is 4. The first kappa shape index (κ1) is 16.5. The third-order valence-electron chi connectivity index (χ3n) is 4.20. The van der Waals surface area contributed by atoms with Crippen molar-refractivity contribution < 1.29 is 14.6 Å². The molecule has 1 unspecified atom stereocenters. The quantitative estimate of drug-likeness (QED) is 0.661. The second-order valence-electron chi connectivity index (χ2n) is 5.67. The Morgan fingerprint density at radius 3 is 2.64 bits per heavy atom. The van der Waals surface area contributed by atoms with Crippen LogP contribution in [0.3, 0.4) is 0 Å². The number of esters is 1. The van der Waals surface area contributed by atoms with Crippen molar-refractivity contribution in [1.82, 2.24) is 5.32 Å². The zero-order chi connectivity index (χ0) is 15.8. The normalized spacial score (nSPS) is 17.9. The topological polar surface area (TPSA) is 58.6 Å². The van der Waals surface area contributed by atoms with Crippen LogP contribution < -0.4 is 5.32 Å². The molecule has 2 rings (SSSR count). The maximum Gasteiger partial charge on any atom is 0.357 e. The van der Waals surface area contributed by atoms with Gasteiger partial charge in [-0.05, 0) is 31.4 Å². The number of nitrogens with one attached hydrogen (secondary N) is 1. The smallest absolute Gasteiger partial charge is 0.357 e. The molecule has 1 aromatic carbocycles. The first-order valence-corrected chi connectivity index (χ1v) is 7.81. The SMILES string of the molecule is CNCC#COC(=O)C(O)(c1ccccc1)C1CCCCC1. The Morgan fingerprint density at radius 1 is 1.32 bits per heavy atom. The van der Waals surface area contributed by atoms with Gasteiger partial charge >= 0.3 is 5.97 Å². The van der Waals surface area contributed by atoms with E-state index in [9.17, 15) is 9.90 Å². The molecular formula is C18H23NO3. The lowest BCUT2D eigenvalue weighted by atomic mass is 9.73. The van der Waals surface area contributed by atoms with Crippen LogP contribution >= 0.6 is 0 Å². The van der Waals surface area contributed by atoms with Crippen LogP contribution in [-0.2, 0) is 15.1 Å². The number of hydrogen-bond donors (Lipinski definition) is 2. The molecule has 1 saturated carbocycles. The van der Waals surface area contributed by atoms with Gasteiger partial charge in [0.2, 0.25) is 0 Å². The highest BCUT2D eigenvalue weighted by Gasteiger charge is 2.47. The zero-order valence-corrected chi connectivity index (χ0v) is 13.0. The molecular weight excluding hydrogens is 278 g/mol. The van der Waals surface area contributed by atoms with Crippen LogP contribution in [0.25, 0.3) is 0 Å². The number of carbonyl (C=O) groups excluding carboxylic acids is 1. The molecule has 0 spiro atoms. The van der Waals surface area contributed by atoms with Crippen LogP contribution in [0.5, 0.6) is 0 Å². The van der Waals surface area contributed by atoms with Crippen molar-refractivity contribution >= 4 is 5.97 Å². The van der Waals surface area contributed by atoms with Gasteiger partial charge in [0.05, 0.1) is 6.54 Å². The lowest BCUT2D eigenvalue weighted by Gasteiger charge is -2.36. The van der Waals surface area contributed by atoms with Crippen LogP contribution in [0, 0.1) is 17.9 Å². The summed E-state index contributed by atoms with van der Waals surface area (Å²) in [6.07, 6.45) is 7.23. The summed E-state index contributed by atoms with van der Waals surface area (Å²) in [5.41, 5.74) is -1.03. The average molecular weight is 301 g/mol. The van der Waals surface area contributed by atoms with E-state index in [0.29, 0.717) is 12.1 Å². The average Bonchev–Trinajstić information content (AvgIpc) is 2.59. The Morgan fingerprint density at radius 2 is 2.00 bits per heavy atom. The molecule has 0 saturated heterocycles. The predicted octanol–water partition coefficient (Wildman–Crippen LogP) is 2.18. The van der Waals surface area contributed by atoms with Crippen molar-refractivity contribution in [1.29, 1.82) is 0 Å². The summed E-state index contributed by atoms with van der Waals surface area (Å²) >= 11 is 0. The maximum atomic E-state index is 12.5. The zero-order valence-electron chi connectivity index (χ0n) is 13.0. The van der Waals surface area contributed by atoms with Crippen molar-refractivity contribution in [2.45, 2.75) is 37.7 Å². The van der Waals surface area contributed by atoms with E-state index in [4.69, 9.17) is 4.74 Å². The molecule has 1 aliphatic carbocycles. The van der Waals surface area contributed by atoms with Crippen LogP contribution in [0.1, 0.15) is 37.7 Å². The number of aliphatic hydroxyl groups is 1. The molecule has 0 radical (unpaired) electrons. The predicted molar refractivity (Wildman–Crippen MR) is 84.7 cm³/mol. The molecule has 1 fully saturated rings. The molecule has 0 heterocycles. The van der Waals surface area contributed by atoms with Crippen molar-refractivity contribution in [2.75, 3.05) is 13.6 Å². The fraction of sp³-hybridized carbons (Fsp3) is 0.500. The molecule has 0 amide bonds. The summed E-state index contributed by atoms with van der Waals surface area (Å²) in [6, 6.07) is 9.06. The summed E-state index contributed by atoms with van der Waals surface area (Å²) in [4.78, 5) is 12.5. The Hall–Kier alpha value is -1.83. The maximum absolute atomic E-state index is 12.5. The second-order valence-corrected chi connectivity index (χ2v) is 5.67. The van der Waals surface area contributed by atoms with Gasteiger partial charge in [-0.1, -0.05) is 49.6 Å². The Kier molecular flexibility index (Phi) is 6.00. The van der Waals surface area contributed by atoms with Crippen molar-refractivity contribution in [3.8, 4) is 12.0 Å². The molecule has 1 atom stereocenters. The van der Waals surface area contributed by atoms with Gasteiger partial charge in [-0.2, -0.15) is 0 Å². The molecule has 4 heteroatoms. The minimum absolute atomic E-state index is 0.123. The van der Waals surface area contributed by atoms with Gasteiger partial charge in [0.1, 0.15) is 6.11 Å². The number of ether oxygens (including phenoxy) is 1. The Labute approximate surface area is 131 Å². The lowest BCUT2D eigenvalue weighted by molar-refractivity contribution is -0.168. The summed E-state index contributed by atoms with van der Waals surface area (Å²) < 4.78 is 5.03. The molecule has 1 aromatic rings. The van der Waals surface area contributed by atoms with Gasteiger partial charge in [0, 0.05) is 5.92 Å². The van der Waals surface area contributed by atoms with Crippen LogP contribution in [-0.4, -0.2) is 24.7 Å². The summed E-state index contributed by atoms with van der Waals surface area (Å²) in [7, 11) is 1.76. The molecule has 0 aromatic heterocycles. The Balaban J connectivity index is 2.25. The van der Waals surface area contributed by atoms with Crippen molar-refractivity contribution in [3.05, 3.63) is 35.9 Å². The van der Waals surface area contributed by atoms with Gasteiger partial charge in [0.25, 0.3) is 0 Å². The number of benzene rings is 1. The highest BCUT2D eigenvalue weighted by Crippen LogP contribution is 2.40. The monoisotopic (exact) mass is 301 g/mol. The second kappa shape index (κ2) is 7.98. The highest BCUT2D eigenvalue weighted by molar-refractivity contribution is 5.82.